The van der Waals surface area contributed by atoms with E-state index in [9.17, 15) is 26.7 Å². The van der Waals surface area contributed by atoms with Crippen molar-refractivity contribution in [1.82, 2.24) is 0 Å². The van der Waals surface area contributed by atoms with Crippen LogP contribution in [0.15, 0.2) is 48.5 Å². The number of carbonyl (C=O) groups excluding carboxylic acids is 1. The second kappa shape index (κ2) is 6.09. The van der Waals surface area contributed by atoms with Gasteiger partial charge in [-0.15, -0.1) is 0 Å². The van der Waals surface area contributed by atoms with Crippen LogP contribution < -0.4 is 0 Å². The molecule has 1 nitrogen and oxygen atoms in total. The molecule has 0 unspecified atom stereocenters. The monoisotopic (exact) mass is 312 g/mol. The molecular weight excluding hydrogens is 303 g/mol. The van der Waals surface area contributed by atoms with E-state index in [1.807, 2.05) is 0 Å². The van der Waals surface area contributed by atoms with Crippen LogP contribution in [0.3, 0.4) is 0 Å². The summed E-state index contributed by atoms with van der Waals surface area (Å²) in [7, 11) is 0. The number of hydrogen-bond acceptors (Lipinski definition) is 1. The quantitative estimate of drug-likeness (QED) is 0.448. The summed E-state index contributed by atoms with van der Waals surface area (Å²) >= 11 is 0. The van der Waals surface area contributed by atoms with Gasteiger partial charge in [-0.3, -0.25) is 4.79 Å². The summed E-state index contributed by atoms with van der Waals surface area (Å²) in [5.41, 5.74) is -1.54. The Morgan fingerprint density at radius 2 is 1.68 bits per heavy atom. The minimum absolute atomic E-state index is 0.217. The van der Waals surface area contributed by atoms with Gasteiger partial charge in [0, 0.05) is 6.07 Å². The molecule has 0 amide bonds. The van der Waals surface area contributed by atoms with Crippen LogP contribution in [0.2, 0.25) is 0 Å². The van der Waals surface area contributed by atoms with Gasteiger partial charge in [0.2, 0.25) is 0 Å². The number of alkyl halides is 3. The SMILES string of the molecule is O=C(/C=C/c1ccccc1C(F)(F)F)c1ccc(F)cc1F. The van der Waals surface area contributed by atoms with E-state index in [0.717, 1.165) is 30.4 Å². The van der Waals surface area contributed by atoms with Crippen LogP contribution in [0.5, 0.6) is 0 Å². The average molecular weight is 312 g/mol. The van der Waals surface area contributed by atoms with Gasteiger partial charge < -0.3 is 0 Å². The Morgan fingerprint density at radius 3 is 2.32 bits per heavy atom. The minimum Gasteiger partial charge on any atom is -0.289 e. The molecule has 0 saturated carbocycles. The molecule has 0 spiro atoms. The highest BCUT2D eigenvalue weighted by Crippen LogP contribution is 2.32. The van der Waals surface area contributed by atoms with E-state index < -0.39 is 34.7 Å². The Kier molecular flexibility index (Phi) is 4.40. The molecule has 0 aliphatic carbocycles. The Balaban J connectivity index is 2.31. The molecule has 0 saturated heterocycles. The zero-order chi connectivity index (χ0) is 16.3. The van der Waals surface area contributed by atoms with Gasteiger partial charge in [0.05, 0.1) is 11.1 Å². The first-order valence-corrected chi connectivity index (χ1v) is 6.13. The predicted molar refractivity (Wildman–Crippen MR) is 71.2 cm³/mol. The molecule has 0 N–H and O–H groups in total. The van der Waals surface area contributed by atoms with E-state index in [1.54, 1.807) is 0 Å². The van der Waals surface area contributed by atoms with Crippen LogP contribution in [0.1, 0.15) is 21.5 Å². The van der Waals surface area contributed by atoms with E-state index in [2.05, 4.69) is 0 Å². The molecular formula is C16H9F5O. The lowest BCUT2D eigenvalue weighted by Gasteiger charge is -2.09. The number of ketones is 1. The molecule has 0 fully saturated rings. The number of benzene rings is 2. The Bertz CT molecular complexity index is 732. The maximum Gasteiger partial charge on any atom is 0.416 e. The summed E-state index contributed by atoms with van der Waals surface area (Å²) in [5.74, 6) is -2.77. The van der Waals surface area contributed by atoms with Crippen LogP contribution >= 0.6 is 0 Å². The summed E-state index contributed by atoms with van der Waals surface area (Å²) in [6.45, 7) is 0. The normalized spacial score (nSPS) is 11.9. The zero-order valence-corrected chi connectivity index (χ0v) is 11.0. The average Bonchev–Trinajstić information content (AvgIpc) is 2.44. The number of rotatable bonds is 3. The Morgan fingerprint density at radius 1 is 1.00 bits per heavy atom. The topological polar surface area (TPSA) is 17.1 Å². The molecule has 0 radical (unpaired) electrons. The minimum atomic E-state index is -4.56. The number of halogens is 5. The van der Waals surface area contributed by atoms with E-state index >= 15 is 0 Å². The fraction of sp³-hybridized carbons (Fsp3) is 0.0625. The molecule has 0 aliphatic rings. The molecule has 22 heavy (non-hydrogen) atoms. The van der Waals surface area contributed by atoms with Gasteiger partial charge >= 0.3 is 6.18 Å². The van der Waals surface area contributed by atoms with Crippen LogP contribution in [0, 0.1) is 11.6 Å². The number of allylic oxidation sites excluding steroid dienone is 1. The molecule has 114 valence electrons. The summed E-state index contributed by atoms with van der Waals surface area (Å²) in [4.78, 5) is 11.8. The molecule has 0 atom stereocenters. The number of hydrogen-bond donors (Lipinski definition) is 0. The lowest BCUT2D eigenvalue weighted by atomic mass is 10.0. The lowest BCUT2D eigenvalue weighted by Crippen LogP contribution is -2.07. The van der Waals surface area contributed by atoms with Crippen LogP contribution in [-0.2, 0) is 6.18 Å². The molecule has 6 heteroatoms. The summed E-state index contributed by atoms with van der Waals surface area (Å²) < 4.78 is 64.5. The molecule has 0 heterocycles. The first-order valence-electron chi connectivity index (χ1n) is 6.13. The highest BCUT2D eigenvalue weighted by atomic mass is 19.4. The fourth-order valence-corrected chi connectivity index (χ4v) is 1.85. The highest BCUT2D eigenvalue weighted by Gasteiger charge is 2.32. The van der Waals surface area contributed by atoms with Gasteiger partial charge in [0.15, 0.2) is 5.78 Å². The Labute approximate surface area is 122 Å². The second-order valence-electron chi connectivity index (χ2n) is 4.41. The summed E-state index contributed by atoms with van der Waals surface area (Å²) in [5, 5.41) is 0. The van der Waals surface area contributed by atoms with Crippen molar-refractivity contribution in [2.45, 2.75) is 6.18 Å². The van der Waals surface area contributed by atoms with Crippen molar-refractivity contribution in [2.75, 3.05) is 0 Å². The first kappa shape index (κ1) is 15.9. The molecule has 0 aliphatic heterocycles. The number of carbonyl (C=O) groups is 1. The standard InChI is InChI=1S/C16H9F5O/c17-11-6-7-12(14(18)9-11)15(22)8-5-10-3-1-2-4-13(10)16(19,20)21/h1-9H/b8-5+. The van der Waals surface area contributed by atoms with Crippen molar-refractivity contribution in [2.24, 2.45) is 0 Å². The van der Waals surface area contributed by atoms with E-state index in [1.165, 1.54) is 18.2 Å². The zero-order valence-electron chi connectivity index (χ0n) is 11.0. The van der Waals surface area contributed by atoms with Gasteiger partial charge in [-0.1, -0.05) is 24.3 Å². The lowest BCUT2D eigenvalue weighted by molar-refractivity contribution is -0.137. The van der Waals surface area contributed by atoms with E-state index in [4.69, 9.17) is 0 Å². The maximum absolute atomic E-state index is 13.4. The molecule has 2 rings (SSSR count). The van der Waals surface area contributed by atoms with Crippen molar-refractivity contribution >= 4 is 11.9 Å². The third-order valence-corrected chi connectivity index (χ3v) is 2.88. The molecule has 0 aromatic heterocycles. The van der Waals surface area contributed by atoms with Crippen molar-refractivity contribution in [3.05, 3.63) is 76.9 Å². The van der Waals surface area contributed by atoms with Gasteiger partial charge in [0.1, 0.15) is 11.6 Å². The van der Waals surface area contributed by atoms with Gasteiger partial charge in [0.25, 0.3) is 0 Å². The van der Waals surface area contributed by atoms with E-state index in [-0.39, 0.29) is 5.56 Å². The maximum atomic E-state index is 13.4. The second-order valence-corrected chi connectivity index (χ2v) is 4.41. The smallest absolute Gasteiger partial charge is 0.289 e. The van der Waals surface area contributed by atoms with Crippen molar-refractivity contribution < 1.29 is 26.7 Å². The Hall–Kier alpha value is -2.50. The van der Waals surface area contributed by atoms with Crippen molar-refractivity contribution in [3.63, 3.8) is 0 Å². The molecule has 0 bridgehead atoms. The third kappa shape index (κ3) is 3.58. The predicted octanol–water partition coefficient (Wildman–Crippen LogP) is 4.88. The highest BCUT2D eigenvalue weighted by molar-refractivity contribution is 6.07. The van der Waals surface area contributed by atoms with Crippen molar-refractivity contribution in [1.29, 1.82) is 0 Å². The molecule has 2 aromatic rings. The van der Waals surface area contributed by atoms with Gasteiger partial charge in [-0.05, 0) is 29.8 Å². The van der Waals surface area contributed by atoms with Crippen LogP contribution in [0.4, 0.5) is 22.0 Å². The first-order chi connectivity index (χ1) is 10.3. The third-order valence-electron chi connectivity index (χ3n) is 2.88. The largest absolute Gasteiger partial charge is 0.416 e. The summed E-state index contributed by atoms with van der Waals surface area (Å²) in [6.07, 6.45) is -2.79. The van der Waals surface area contributed by atoms with Crippen molar-refractivity contribution in [3.8, 4) is 0 Å². The van der Waals surface area contributed by atoms with E-state index in [0.29, 0.717) is 6.07 Å². The van der Waals surface area contributed by atoms with Gasteiger partial charge in [-0.25, -0.2) is 8.78 Å². The summed E-state index contributed by atoms with van der Waals surface area (Å²) in [6, 6.07) is 7.04. The fourth-order valence-electron chi connectivity index (χ4n) is 1.85. The van der Waals surface area contributed by atoms with Crippen LogP contribution in [0.25, 0.3) is 6.08 Å². The van der Waals surface area contributed by atoms with Crippen LogP contribution in [-0.4, -0.2) is 5.78 Å². The molecule has 2 aromatic carbocycles. The van der Waals surface area contributed by atoms with Gasteiger partial charge in [-0.2, -0.15) is 13.2 Å².